The highest BCUT2D eigenvalue weighted by atomic mass is 16.5. The Morgan fingerprint density at radius 3 is 2.80 bits per heavy atom. The van der Waals surface area contributed by atoms with Crippen LogP contribution in [0.2, 0.25) is 0 Å². The van der Waals surface area contributed by atoms with E-state index in [2.05, 4.69) is 4.98 Å². The lowest BCUT2D eigenvalue weighted by Crippen LogP contribution is -1.95. The Morgan fingerprint density at radius 2 is 2.20 bits per heavy atom. The highest BCUT2D eigenvalue weighted by Gasteiger charge is 2.15. The standard InChI is InChI=1S/C11H11NO3/c1-6-3-4-8(15-2)9-7(11(13)14)5-12-10(6)9/h3-5,12H,1-2H3,(H,13,14). The molecule has 2 N–H and O–H groups in total. The Morgan fingerprint density at radius 1 is 1.47 bits per heavy atom. The highest BCUT2D eigenvalue weighted by molar-refractivity contribution is 6.06. The van der Waals surface area contributed by atoms with E-state index in [0.717, 1.165) is 11.1 Å². The van der Waals surface area contributed by atoms with E-state index < -0.39 is 5.97 Å². The Balaban J connectivity index is 2.86. The first-order chi connectivity index (χ1) is 7.15. The van der Waals surface area contributed by atoms with Crippen molar-refractivity contribution in [2.75, 3.05) is 7.11 Å². The second-order valence-electron chi connectivity index (χ2n) is 3.34. The summed E-state index contributed by atoms with van der Waals surface area (Å²) in [6, 6.07) is 3.67. The minimum Gasteiger partial charge on any atom is -0.496 e. The van der Waals surface area contributed by atoms with Crippen LogP contribution in [0.25, 0.3) is 10.9 Å². The first-order valence-electron chi connectivity index (χ1n) is 4.53. The van der Waals surface area contributed by atoms with E-state index in [1.54, 1.807) is 6.07 Å². The minimum atomic E-state index is -0.954. The number of carbonyl (C=O) groups is 1. The molecule has 0 aliphatic carbocycles. The fraction of sp³-hybridized carbons (Fsp3) is 0.182. The average molecular weight is 205 g/mol. The number of rotatable bonds is 2. The molecule has 0 atom stereocenters. The van der Waals surface area contributed by atoms with E-state index in [4.69, 9.17) is 9.84 Å². The molecule has 0 amide bonds. The molecule has 0 aliphatic heterocycles. The summed E-state index contributed by atoms with van der Waals surface area (Å²) in [4.78, 5) is 13.9. The summed E-state index contributed by atoms with van der Waals surface area (Å²) < 4.78 is 5.15. The molecular formula is C11H11NO3. The van der Waals surface area contributed by atoms with Gasteiger partial charge in [0.05, 0.1) is 23.6 Å². The second kappa shape index (κ2) is 3.31. The highest BCUT2D eigenvalue weighted by Crippen LogP contribution is 2.30. The third kappa shape index (κ3) is 1.34. The molecule has 78 valence electrons. The lowest BCUT2D eigenvalue weighted by molar-refractivity contribution is 0.0699. The topological polar surface area (TPSA) is 62.3 Å². The molecule has 0 saturated carbocycles. The van der Waals surface area contributed by atoms with Gasteiger partial charge in [-0.15, -0.1) is 0 Å². The van der Waals surface area contributed by atoms with Gasteiger partial charge in [-0.3, -0.25) is 0 Å². The van der Waals surface area contributed by atoms with Crippen LogP contribution in [0.4, 0.5) is 0 Å². The number of ether oxygens (including phenoxy) is 1. The van der Waals surface area contributed by atoms with Crippen LogP contribution in [0.1, 0.15) is 15.9 Å². The van der Waals surface area contributed by atoms with E-state index in [9.17, 15) is 4.79 Å². The number of aryl methyl sites for hydroxylation is 1. The van der Waals surface area contributed by atoms with Crippen LogP contribution < -0.4 is 4.74 Å². The number of carboxylic acids is 1. The fourth-order valence-corrected chi connectivity index (χ4v) is 1.70. The third-order valence-electron chi connectivity index (χ3n) is 2.46. The summed E-state index contributed by atoms with van der Waals surface area (Å²) in [6.45, 7) is 1.92. The maximum absolute atomic E-state index is 11.0. The summed E-state index contributed by atoms with van der Waals surface area (Å²) >= 11 is 0. The molecule has 2 rings (SSSR count). The lowest BCUT2D eigenvalue weighted by Gasteiger charge is -2.04. The largest absolute Gasteiger partial charge is 0.496 e. The maximum atomic E-state index is 11.0. The predicted octanol–water partition coefficient (Wildman–Crippen LogP) is 2.18. The number of nitrogens with one attached hydrogen (secondary N) is 1. The Labute approximate surface area is 86.5 Å². The lowest BCUT2D eigenvalue weighted by atomic mass is 10.1. The molecule has 0 radical (unpaired) electrons. The first kappa shape index (κ1) is 9.58. The van der Waals surface area contributed by atoms with Crippen molar-refractivity contribution in [2.45, 2.75) is 6.92 Å². The van der Waals surface area contributed by atoms with Crippen LogP contribution in [0.3, 0.4) is 0 Å². The molecule has 0 unspecified atom stereocenters. The Hall–Kier alpha value is -1.97. The summed E-state index contributed by atoms with van der Waals surface area (Å²) in [6.07, 6.45) is 1.49. The molecule has 0 fully saturated rings. The molecule has 0 bridgehead atoms. The fourth-order valence-electron chi connectivity index (χ4n) is 1.70. The van der Waals surface area contributed by atoms with Gasteiger partial charge in [0.25, 0.3) is 0 Å². The summed E-state index contributed by atoms with van der Waals surface area (Å²) in [5.41, 5.74) is 2.05. The molecule has 0 saturated heterocycles. The number of carboxylic acid groups (broad SMARTS) is 1. The summed E-state index contributed by atoms with van der Waals surface area (Å²) in [5.74, 6) is -0.376. The number of benzene rings is 1. The van der Waals surface area contributed by atoms with Crippen LogP contribution in [0, 0.1) is 6.92 Å². The van der Waals surface area contributed by atoms with Crippen molar-refractivity contribution < 1.29 is 14.6 Å². The quantitative estimate of drug-likeness (QED) is 0.789. The number of hydrogen-bond donors (Lipinski definition) is 2. The van der Waals surface area contributed by atoms with Gasteiger partial charge in [-0.05, 0) is 18.6 Å². The molecule has 0 aliphatic rings. The van der Waals surface area contributed by atoms with Gasteiger partial charge in [-0.25, -0.2) is 4.79 Å². The number of H-pyrrole nitrogens is 1. The Bertz CT molecular complexity index is 528. The minimum absolute atomic E-state index is 0.241. The van der Waals surface area contributed by atoms with E-state index in [1.807, 2.05) is 13.0 Å². The van der Waals surface area contributed by atoms with Crippen molar-refractivity contribution in [3.8, 4) is 5.75 Å². The van der Waals surface area contributed by atoms with Gasteiger partial charge in [-0.2, -0.15) is 0 Å². The molecule has 0 spiro atoms. The van der Waals surface area contributed by atoms with Crippen molar-refractivity contribution >= 4 is 16.9 Å². The van der Waals surface area contributed by atoms with Gasteiger partial charge in [0.1, 0.15) is 5.75 Å². The predicted molar refractivity (Wildman–Crippen MR) is 56.5 cm³/mol. The molecule has 1 aromatic carbocycles. The molecule has 1 aromatic heterocycles. The van der Waals surface area contributed by atoms with Crippen molar-refractivity contribution in [3.05, 3.63) is 29.5 Å². The number of methoxy groups -OCH3 is 1. The smallest absolute Gasteiger partial charge is 0.338 e. The van der Waals surface area contributed by atoms with E-state index in [-0.39, 0.29) is 5.56 Å². The number of hydrogen-bond acceptors (Lipinski definition) is 2. The average Bonchev–Trinajstić information content (AvgIpc) is 2.64. The monoisotopic (exact) mass is 205 g/mol. The van der Waals surface area contributed by atoms with Crippen LogP contribution in [0.15, 0.2) is 18.3 Å². The summed E-state index contributed by atoms with van der Waals surface area (Å²) in [7, 11) is 1.53. The molecule has 1 heterocycles. The molecule has 4 heteroatoms. The molecule has 4 nitrogen and oxygen atoms in total. The Kier molecular flexibility index (Phi) is 2.11. The van der Waals surface area contributed by atoms with Crippen LogP contribution in [-0.2, 0) is 0 Å². The van der Waals surface area contributed by atoms with Gasteiger partial charge in [-0.1, -0.05) is 6.07 Å². The molecular weight excluding hydrogens is 194 g/mol. The number of aromatic amines is 1. The zero-order valence-corrected chi connectivity index (χ0v) is 8.50. The van der Waals surface area contributed by atoms with E-state index in [1.165, 1.54) is 13.3 Å². The zero-order valence-electron chi connectivity index (χ0n) is 8.50. The van der Waals surface area contributed by atoms with Gasteiger partial charge >= 0.3 is 5.97 Å². The van der Waals surface area contributed by atoms with Crippen LogP contribution in [-0.4, -0.2) is 23.2 Å². The zero-order chi connectivity index (χ0) is 11.0. The van der Waals surface area contributed by atoms with Gasteiger partial charge in [0.2, 0.25) is 0 Å². The summed E-state index contributed by atoms with van der Waals surface area (Å²) in [5, 5.41) is 9.64. The van der Waals surface area contributed by atoms with Crippen LogP contribution >= 0.6 is 0 Å². The van der Waals surface area contributed by atoms with Crippen molar-refractivity contribution in [3.63, 3.8) is 0 Å². The maximum Gasteiger partial charge on any atom is 0.338 e. The number of aromatic nitrogens is 1. The van der Waals surface area contributed by atoms with Crippen molar-refractivity contribution in [1.29, 1.82) is 0 Å². The SMILES string of the molecule is COc1ccc(C)c2[nH]cc(C(=O)O)c12. The van der Waals surface area contributed by atoms with Gasteiger partial charge in [0, 0.05) is 6.20 Å². The molecule has 15 heavy (non-hydrogen) atoms. The number of fused-ring (bicyclic) bond motifs is 1. The van der Waals surface area contributed by atoms with Gasteiger partial charge in [0.15, 0.2) is 0 Å². The third-order valence-corrected chi connectivity index (χ3v) is 2.46. The second-order valence-corrected chi connectivity index (χ2v) is 3.34. The van der Waals surface area contributed by atoms with E-state index >= 15 is 0 Å². The number of aromatic carboxylic acids is 1. The van der Waals surface area contributed by atoms with Gasteiger partial charge < -0.3 is 14.8 Å². The van der Waals surface area contributed by atoms with E-state index in [0.29, 0.717) is 11.1 Å². The first-order valence-corrected chi connectivity index (χ1v) is 4.53. The van der Waals surface area contributed by atoms with Crippen molar-refractivity contribution in [1.82, 2.24) is 4.98 Å². The molecule has 2 aromatic rings. The van der Waals surface area contributed by atoms with Crippen LogP contribution in [0.5, 0.6) is 5.75 Å². The van der Waals surface area contributed by atoms with Crippen molar-refractivity contribution in [2.24, 2.45) is 0 Å². The normalized spacial score (nSPS) is 10.5.